The summed E-state index contributed by atoms with van der Waals surface area (Å²) in [5, 5.41) is 0. The van der Waals surface area contributed by atoms with Gasteiger partial charge in [-0.3, -0.25) is 9.78 Å². The number of aromatic nitrogens is 1. The molecule has 0 bridgehead atoms. The molecule has 0 spiro atoms. The molecule has 1 atom stereocenters. The van der Waals surface area contributed by atoms with E-state index in [1.54, 1.807) is 18.5 Å². The zero-order chi connectivity index (χ0) is 17.1. The Labute approximate surface area is 142 Å². The summed E-state index contributed by atoms with van der Waals surface area (Å²) in [6, 6.07) is 9.55. The van der Waals surface area contributed by atoms with Gasteiger partial charge in [-0.25, -0.2) is 0 Å². The quantitative estimate of drug-likeness (QED) is 0.868. The Balaban J connectivity index is 1.86. The van der Waals surface area contributed by atoms with Crippen molar-refractivity contribution in [3.05, 3.63) is 53.9 Å². The van der Waals surface area contributed by atoms with Crippen LogP contribution in [-0.4, -0.2) is 34.5 Å². The molecule has 0 fully saturated rings. The normalized spacial score (nSPS) is 17.0. The van der Waals surface area contributed by atoms with E-state index < -0.39 is 0 Å². The molecular formula is C19H22N2O3. The Morgan fingerprint density at radius 2 is 2.12 bits per heavy atom. The highest BCUT2D eigenvalue weighted by Gasteiger charge is 2.26. The highest BCUT2D eigenvalue weighted by molar-refractivity contribution is 5.94. The first-order chi connectivity index (χ1) is 11.5. The first-order valence-electron chi connectivity index (χ1n) is 8.18. The lowest BCUT2D eigenvalue weighted by molar-refractivity contribution is 0.0644. The van der Waals surface area contributed by atoms with Crippen LogP contribution in [0.15, 0.2) is 42.7 Å². The second kappa shape index (κ2) is 6.91. The van der Waals surface area contributed by atoms with Gasteiger partial charge in [0.2, 0.25) is 0 Å². The molecule has 2 aromatic rings. The Morgan fingerprint density at radius 1 is 1.33 bits per heavy atom. The Morgan fingerprint density at radius 3 is 2.92 bits per heavy atom. The van der Waals surface area contributed by atoms with Crippen molar-refractivity contribution >= 4 is 5.91 Å². The van der Waals surface area contributed by atoms with E-state index >= 15 is 0 Å². The van der Waals surface area contributed by atoms with Gasteiger partial charge in [0.1, 0.15) is 18.1 Å². The van der Waals surface area contributed by atoms with Gasteiger partial charge < -0.3 is 14.4 Å². The van der Waals surface area contributed by atoms with E-state index in [1.807, 2.05) is 49.9 Å². The third kappa shape index (κ3) is 3.50. The molecule has 0 aliphatic carbocycles. The molecule has 2 heterocycles. The van der Waals surface area contributed by atoms with Crippen LogP contribution in [0.25, 0.3) is 0 Å². The summed E-state index contributed by atoms with van der Waals surface area (Å²) in [6.07, 6.45) is 3.25. The Kier molecular flexibility index (Phi) is 4.69. The molecule has 0 N–H and O–H groups in total. The minimum absolute atomic E-state index is 0.0282. The predicted octanol–water partition coefficient (Wildman–Crippen LogP) is 3.29. The standard InChI is InChI=1S/C19H22N2O3/c1-13(2)24-17-8-16(9-20-10-17)19(22)21-11-15-6-4-5-7-18(15)23-12-14(21)3/h4-10,13-14H,11-12H2,1-3H3. The van der Waals surface area contributed by atoms with E-state index in [2.05, 4.69) is 4.98 Å². The maximum atomic E-state index is 13.0. The summed E-state index contributed by atoms with van der Waals surface area (Å²) >= 11 is 0. The van der Waals surface area contributed by atoms with E-state index in [0.717, 1.165) is 11.3 Å². The smallest absolute Gasteiger partial charge is 0.256 e. The van der Waals surface area contributed by atoms with Gasteiger partial charge in [0, 0.05) is 11.8 Å². The molecule has 1 unspecified atom stereocenters. The summed E-state index contributed by atoms with van der Waals surface area (Å²) < 4.78 is 11.5. The minimum Gasteiger partial charge on any atom is -0.491 e. The van der Waals surface area contributed by atoms with Crippen LogP contribution in [0.4, 0.5) is 0 Å². The number of ether oxygens (including phenoxy) is 2. The Hall–Kier alpha value is -2.56. The fourth-order valence-electron chi connectivity index (χ4n) is 2.73. The van der Waals surface area contributed by atoms with Crippen LogP contribution in [0.3, 0.4) is 0 Å². The monoisotopic (exact) mass is 326 g/mol. The molecule has 1 aromatic heterocycles. The molecule has 5 heteroatoms. The lowest BCUT2D eigenvalue weighted by Gasteiger charge is -2.26. The zero-order valence-corrected chi connectivity index (χ0v) is 14.2. The van der Waals surface area contributed by atoms with Crippen LogP contribution < -0.4 is 9.47 Å². The van der Waals surface area contributed by atoms with Crippen molar-refractivity contribution in [1.29, 1.82) is 0 Å². The largest absolute Gasteiger partial charge is 0.491 e. The van der Waals surface area contributed by atoms with Crippen molar-refractivity contribution in [2.45, 2.75) is 39.5 Å². The molecule has 1 aromatic carbocycles. The number of nitrogens with zero attached hydrogens (tertiary/aromatic N) is 2. The van der Waals surface area contributed by atoms with Gasteiger partial charge >= 0.3 is 0 Å². The van der Waals surface area contributed by atoms with Gasteiger partial charge in [0.05, 0.1) is 30.5 Å². The first kappa shape index (κ1) is 16.3. The van der Waals surface area contributed by atoms with E-state index in [4.69, 9.17) is 9.47 Å². The van der Waals surface area contributed by atoms with Crippen LogP contribution in [0.2, 0.25) is 0 Å². The average Bonchev–Trinajstić information content (AvgIpc) is 2.73. The van der Waals surface area contributed by atoms with E-state index in [9.17, 15) is 4.79 Å². The SMILES string of the molecule is CC(C)Oc1cncc(C(=O)N2Cc3ccccc3OCC2C)c1. The maximum Gasteiger partial charge on any atom is 0.256 e. The highest BCUT2D eigenvalue weighted by atomic mass is 16.5. The molecular weight excluding hydrogens is 304 g/mol. The molecule has 1 aliphatic heterocycles. The minimum atomic E-state index is -0.0653. The van der Waals surface area contributed by atoms with Crippen molar-refractivity contribution in [3.63, 3.8) is 0 Å². The van der Waals surface area contributed by atoms with Gasteiger partial charge in [-0.15, -0.1) is 0 Å². The van der Waals surface area contributed by atoms with Gasteiger partial charge in [-0.2, -0.15) is 0 Å². The number of benzene rings is 1. The highest BCUT2D eigenvalue weighted by Crippen LogP contribution is 2.26. The number of carbonyl (C=O) groups is 1. The van der Waals surface area contributed by atoms with Crippen molar-refractivity contribution in [3.8, 4) is 11.5 Å². The van der Waals surface area contributed by atoms with Crippen LogP contribution in [-0.2, 0) is 6.54 Å². The number of fused-ring (bicyclic) bond motifs is 1. The number of amides is 1. The van der Waals surface area contributed by atoms with E-state index in [-0.39, 0.29) is 18.1 Å². The molecule has 24 heavy (non-hydrogen) atoms. The molecule has 5 nitrogen and oxygen atoms in total. The number of pyridine rings is 1. The van der Waals surface area contributed by atoms with Crippen LogP contribution in [0, 0.1) is 0 Å². The molecule has 0 radical (unpaired) electrons. The van der Waals surface area contributed by atoms with Crippen molar-refractivity contribution < 1.29 is 14.3 Å². The van der Waals surface area contributed by atoms with Gasteiger partial charge in [-0.1, -0.05) is 18.2 Å². The Bertz CT molecular complexity index is 730. The number of para-hydroxylation sites is 1. The molecule has 1 amide bonds. The summed E-state index contributed by atoms with van der Waals surface area (Å²) in [5.41, 5.74) is 1.54. The fraction of sp³-hybridized carbons (Fsp3) is 0.368. The molecule has 0 saturated heterocycles. The van der Waals surface area contributed by atoms with E-state index in [1.165, 1.54) is 0 Å². The molecule has 3 rings (SSSR count). The number of hydrogen-bond acceptors (Lipinski definition) is 4. The van der Waals surface area contributed by atoms with Gasteiger partial charge in [0.15, 0.2) is 0 Å². The van der Waals surface area contributed by atoms with Crippen LogP contribution in [0.1, 0.15) is 36.7 Å². The lowest BCUT2D eigenvalue weighted by atomic mass is 10.1. The van der Waals surface area contributed by atoms with Crippen molar-refractivity contribution in [1.82, 2.24) is 9.88 Å². The molecule has 0 saturated carbocycles. The first-order valence-corrected chi connectivity index (χ1v) is 8.18. The summed E-state index contributed by atoms with van der Waals surface area (Å²) in [5.74, 6) is 1.38. The molecule has 1 aliphatic rings. The van der Waals surface area contributed by atoms with Gasteiger partial charge in [0.25, 0.3) is 5.91 Å². The summed E-state index contributed by atoms with van der Waals surface area (Å²) in [6.45, 7) is 6.87. The van der Waals surface area contributed by atoms with E-state index in [0.29, 0.717) is 24.5 Å². The maximum absolute atomic E-state index is 13.0. The van der Waals surface area contributed by atoms with Crippen molar-refractivity contribution in [2.24, 2.45) is 0 Å². The topological polar surface area (TPSA) is 51.7 Å². The second-order valence-electron chi connectivity index (χ2n) is 6.28. The fourth-order valence-corrected chi connectivity index (χ4v) is 2.73. The average molecular weight is 326 g/mol. The summed E-state index contributed by atoms with van der Waals surface area (Å²) in [7, 11) is 0. The zero-order valence-electron chi connectivity index (χ0n) is 14.2. The van der Waals surface area contributed by atoms with Crippen LogP contribution in [0.5, 0.6) is 11.5 Å². The molecule has 126 valence electrons. The third-order valence-corrected chi connectivity index (χ3v) is 3.92. The lowest BCUT2D eigenvalue weighted by Crippen LogP contribution is -2.39. The van der Waals surface area contributed by atoms with Crippen molar-refractivity contribution in [2.75, 3.05) is 6.61 Å². The number of hydrogen-bond donors (Lipinski definition) is 0. The second-order valence-corrected chi connectivity index (χ2v) is 6.28. The van der Waals surface area contributed by atoms with Crippen LogP contribution >= 0.6 is 0 Å². The summed E-state index contributed by atoms with van der Waals surface area (Å²) in [4.78, 5) is 18.9. The number of carbonyl (C=O) groups excluding carboxylic acids is 1. The third-order valence-electron chi connectivity index (χ3n) is 3.92. The van der Waals surface area contributed by atoms with Gasteiger partial charge in [-0.05, 0) is 32.9 Å². The number of rotatable bonds is 3. The predicted molar refractivity (Wildman–Crippen MR) is 91.3 cm³/mol.